The van der Waals surface area contributed by atoms with Crippen LogP contribution >= 0.6 is 11.6 Å². The van der Waals surface area contributed by atoms with Crippen LogP contribution in [0.15, 0.2) is 42.5 Å². The smallest absolute Gasteiger partial charge is 0.238 e. The van der Waals surface area contributed by atoms with E-state index in [-0.39, 0.29) is 19.0 Å². The van der Waals surface area contributed by atoms with Crippen LogP contribution in [-0.2, 0) is 9.59 Å². The zero-order valence-corrected chi connectivity index (χ0v) is 14.1. The Balaban J connectivity index is 1.84. The van der Waals surface area contributed by atoms with Crippen LogP contribution in [-0.4, -0.2) is 36.9 Å². The summed E-state index contributed by atoms with van der Waals surface area (Å²) in [7, 11) is 1.54. The highest BCUT2D eigenvalue weighted by Gasteiger charge is 2.15. The van der Waals surface area contributed by atoms with Crippen molar-refractivity contribution in [3.8, 4) is 0 Å². The molecule has 0 radical (unpaired) electrons. The molecule has 0 fully saturated rings. The lowest BCUT2D eigenvalue weighted by atomic mass is 10.3. The van der Waals surface area contributed by atoms with Crippen molar-refractivity contribution in [2.24, 2.45) is 0 Å². The standard InChI is InChI=1S/C17H16ClF2N3O2/c1-23(9-15(24)21-12-7-5-11(18)6-8-12)10-16(25)22-17-13(19)3-2-4-14(17)20/h2-8H,9-10H2,1H3,(H,21,24)(H,22,25). The number of para-hydroxylation sites is 1. The first-order chi connectivity index (χ1) is 11.8. The summed E-state index contributed by atoms with van der Waals surface area (Å²) in [5.74, 6) is -2.70. The Hall–Kier alpha value is -2.51. The van der Waals surface area contributed by atoms with Gasteiger partial charge in [0, 0.05) is 10.7 Å². The van der Waals surface area contributed by atoms with Crippen molar-refractivity contribution in [1.82, 2.24) is 4.90 Å². The maximum absolute atomic E-state index is 13.5. The first-order valence-electron chi connectivity index (χ1n) is 7.33. The number of nitrogens with zero attached hydrogens (tertiary/aromatic N) is 1. The van der Waals surface area contributed by atoms with Gasteiger partial charge < -0.3 is 10.6 Å². The summed E-state index contributed by atoms with van der Waals surface area (Å²) >= 11 is 5.76. The number of anilines is 2. The van der Waals surface area contributed by atoms with Crippen molar-refractivity contribution in [3.63, 3.8) is 0 Å². The molecule has 8 heteroatoms. The second-order valence-corrected chi connectivity index (χ2v) is 5.81. The normalized spacial score (nSPS) is 10.6. The van der Waals surface area contributed by atoms with Gasteiger partial charge in [-0.3, -0.25) is 14.5 Å². The van der Waals surface area contributed by atoms with E-state index in [4.69, 9.17) is 11.6 Å². The molecule has 2 rings (SSSR count). The van der Waals surface area contributed by atoms with E-state index in [0.717, 1.165) is 12.1 Å². The SMILES string of the molecule is CN(CC(=O)Nc1ccc(Cl)cc1)CC(=O)Nc1c(F)cccc1F. The summed E-state index contributed by atoms with van der Waals surface area (Å²) in [5, 5.41) is 5.36. The number of amides is 2. The zero-order chi connectivity index (χ0) is 18.4. The second kappa shape index (κ2) is 8.55. The van der Waals surface area contributed by atoms with Crippen LogP contribution in [0.2, 0.25) is 5.02 Å². The summed E-state index contributed by atoms with van der Waals surface area (Å²) in [4.78, 5) is 25.2. The predicted molar refractivity (Wildman–Crippen MR) is 92.6 cm³/mol. The van der Waals surface area contributed by atoms with E-state index in [1.807, 2.05) is 0 Å². The van der Waals surface area contributed by atoms with Crippen molar-refractivity contribution >= 4 is 34.8 Å². The Labute approximate surface area is 148 Å². The molecular formula is C17H16ClF2N3O2. The van der Waals surface area contributed by atoms with Gasteiger partial charge in [-0.15, -0.1) is 0 Å². The molecule has 0 aromatic heterocycles. The lowest BCUT2D eigenvalue weighted by molar-refractivity contribution is -0.119. The molecule has 0 heterocycles. The summed E-state index contributed by atoms with van der Waals surface area (Å²) in [6, 6.07) is 9.86. The minimum absolute atomic E-state index is 0.0736. The number of carbonyl (C=O) groups is 2. The lowest BCUT2D eigenvalue weighted by Crippen LogP contribution is -2.36. The largest absolute Gasteiger partial charge is 0.325 e. The minimum atomic E-state index is -0.864. The molecule has 0 aliphatic carbocycles. The first kappa shape index (κ1) is 18.8. The van der Waals surface area contributed by atoms with E-state index < -0.39 is 23.2 Å². The molecule has 0 aliphatic heterocycles. The van der Waals surface area contributed by atoms with Crippen LogP contribution in [0.4, 0.5) is 20.2 Å². The van der Waals surface area contributed by atoms with Gasteiger partial charge in [0.1, 0.15) is 17.3 Å². The number of carbonyl (C=O) groups excluding carboxylic acids is 2. The average molecular weight is 368 g/mol. The Morgan fingerprint density at radius 1 is 0.960 bits per heavy atom. The molecule has 0 unspecified atom stereocenters. The van der Waals surface area contributed by atoms with Gasteiger partial charge in [-0.05, 0) is 43.4 Å². The van der Waals surface area contributed by atoms with Gasteiger partial charge >= 0.3 is 0 Å². The lowest BCUT2D eigenvalue weighted by Gasteiger charge is -2.16. The summed E-state index contributed by atoms with van der Waals surface area (Å²) in [6.45, 7) is -0.280. The third-order valence-corrected chi connectivity index (χ3v) is 3.43. The van der Waals surface area contributed by atoms with E-state index in [9.17, 15) is 18.4 Å². The average Bonchev–Trinajstić information content (AvgIpc) is 2.53. The highest BCUT2D eigenvalue weighted by Crippen LogP contribution is 2.17. The number of likely N-dealkylation sites (N-methyl/N-ethyl adjacent to an activating group) is 1. The van der Waals surface area contributed by atoms with Gasteiger partial charge in [-0.2, -0.15) is 0 Å². The van der Waals surface area contributed by atoms with Crippen LogP contribution in [0.5, 0.6) is 0 Å². The minimum Gasteiger partial charge on any atom is -0.325 e. The van der Waals surface area contributed by atoms with Crippen molar-refractivity contribution in [1.29, 1.82) is 0 Å². The van der Waals surface area contributed by atoms with Gasteiger partial charge in [0.2, 0.25) is 11.8 Å². The van der Waals surface area contributed by atoms with Crippen molar-refractivity contribution in [3.05, 3.63) is 59.1 Å². The monoisotopic (exact) mass is 367 g/mol. The third-order valence-electron chi connectivity index (χ3n) is 3.18. The number of benzene rings is 2. The van der Waals surface area contributed by atoms with Crippen LogP contribution in [0.3, 0.4) is 0 Å². The number of halogens is 3. The Kier molecular flexibility index (Phi) is 6.44. The molecule has 2 N–H and O–H groups in total. The van der Waals surface area contributed by atoms with Crippen molar-refractivity contribution in [2.45, 2.75) is 0 Å². The number of rotatable bonds is 6. The summed E-state index contributed by atoms with van der Waals surface area (Å²) < 4.78 is 27.0. The highest BCUT2D eigenvalue weighted by atomic mass is 35.5. The van der Waals surface area contributed by atoms with Crippen molar-refractivity contribution < 1.29 is 18.4 Å². The molecule has 0 bridgehead atoms. The molecule has 0 saturated heterocycles. The van der Waals surface area contributed by atoms with Crippen LogP contribution < -0.4 is 10.6 Å². The molecule has 0 saturated carbocycles. The van der Waals surface area contributed by atoms with Crippen LogP contribution in [0.25, 0.3) is 0 Å². The maximum atomic E-state index is 13.5. The van der Waals surface area contributed by atoms with E-state index >= 15 is 0 Å². The van der Waals surface area contributed by atoms with Gasteiger partial charge in [0.05, 0.1) is 13.1 Å². The third kappa shape index (κ3) is 5.81. The number of hydrogen-bond acceptors (Lipinski definition) is 3. The van der Waals surface area contributed by atoms with Gasteiger partial charge in [0.15, 0.2) is 0 Å². The zero-order valence-electron chi connectivity index (χ0n) is 13.4. The highest BCUT2D eigenvalue weighted by molar-refractivity contribution is 6.30. The molecule has 2 aromatic carbocycles. The molecule has 0 spiro atoms. The van der Waals surface area contributed by atoms with Gasteiger partial charge in [0.25, 0.3) is 0 Å². The molecule has 0 atom stereocenters. The Morgan fingerprint density at radius 2 is 1.48 bits per heavy atom. The Bertz CT molecular complexity index is 749. The molecule has 2 aromatic rings. The second-order valence-electron chi connectivity index (χ2n) is 5.37. The Morgan fingerprint density at radius 3 is 2.04 bits per heavy atom. The molecule has 5 nitrogen and oxygen atoms in total. The van der Waals surface area contributed by atoms with E-state index in [2.05, 4.69) is 10.6 Å². The van der Waals surface area contributed by atoms with Gasteiger partial charge in [-0.25, -0.2) is 8.78 Å². The van der Waals surface area contributed by atoms with E-state index in [0.29, 0.717) is 10.7 Å². The van der Waals surface area contributed by atoms with Crippen LogP contribution in [0.1, 0.15) is 0 Å². The summed E-state index contributed by atoms with van der Waals surface area (Å²) in [6.07, 6.45) is 0. The van der Waals surface area contributed by atoms with Crippen molar-refractivity contribution in [2.75, 3.05) is 30.8 Å². The molecule has 2 amide bonds. The van der Waals surface area contributed by atoms with Crippen LogP contribution in [0, 0.1) is 11.6 Å². The maximum Gasteiger partial charge on any atom is 0.238 e. The molecule has 132 valence electrons. The summed E-state index contributed by atoms with van der Waals surface area (Å²) in [5.41, 5.74) is 0.0622. The molecule has 25 heavy (non-hydrogen) atoms. The first-order valence-corrected chi connectivity index (χ1v) is 7.71. The topological polar surface area (TPSA) is 61.4 Å². The fourth-order valence-electron chi connectivity index (χ4n) is 2.08. The predicted octanol–water partition coefficient (Wildman–Crippen LogP) is 3.13. The van der Waals surface area contributed by atoms with E-state index in [1.165, 1.54) is 11.0 Å². The number of nitrogens with one attached hydrogen (secondary N) is 2. The van der Waals surface area contributed by atoms with Gasteiger partial charge in [-0.1, -0.05) is 17.7 Å². The molecule has 0 aliphatic rings. The quantitative estimate of drug-likeness (QED) is 0.824. The number of hydrogen-bond donors (Lipinski definition) is 2. The molecular weight excluding hydrogens is 352 g/mol. The van der Waals surface area contributed by atoms with E-state index in [1.54, 1.807) is 31.3 Å². The fraction of sp³-hybridized carbons (Fsp3) is 0.176. The fourth-order valence-corrected chi connectivity index (χ4v) is 2.20.